The highest BCUT2D eigenvalue weighted by molar-refractivity contribution is 5.77. The number of anilines is 1. The van der Waals surface area contributed by atoms with Crippen LogP contribution in [0.15, 0.2) is 18.2 Å². The quantitative estimate of drug-likeness (QED) is 0.829. The SMILES string of the molecule is C[C@@H](N)c1cccc(F)c1N1CCNC(=O)CC1. The molecule has 0 saturated carbocycles. The van der Waals surface area contributed by atoms with Crippen molar-refractivity contribution in [1.29, 1.82) is 0 Å². The Morgan fingerprint density at radius 2 is 2.22 bits per heavy atom. The zero-order valence-electron chi connectivity index (χ0n) is 10.4. The van der Waals surface area contributed by atoms with E-state index in [1.807, 2.05) is 17.9 Å². The summed E-state index contributed by atoms with van der Waals surface area (Å²) in [7, 11) is 0. The topological polar surface area (TPSA) is 58.4 Å². The lowest BCUT2D eigenvalue weighted by Gasteiger charge is -2.26. The van der Waals surface area contributed by atoms with Crippen molar-refractivity contribution in [2.45, 2.75) is 19.4 Å². The summed E-state index contributed by atoms with van der Waals surface area (Å²) in [4.78, 5) is 13.2. The third kappa shape index (κ3) is 2.61. The number of nitrogens with zero attached hydrogens (tertiary/aromatic N) is 1. The zero-order chi connectivity index (χ0) is 13.1. The molecule has 1 atom stereocenters. The van der Waals surface area contributed by atoms with E-state index in [2.05, 4.69) is 5.32 Å². The molecular formula is C13H18FN3O. The number of hydrogen-bond donors (Lipinski definition) is 2. The maximum absolute atomic E-state index is 14.0. The highest BCUT2D eigenvalue weighted by Crippen LogP contribution is 2.28. The number of benzene rings is 1. The van der Waals surface area contributed by atoms with Gasteiger partial charge in [0.15, 0.2) is 0 Å². The van der Waals surface area contributed by atoms with Gasteiger partial charge >= 0.3 is 0 Å². The first-order valence-corrected chi connectivity index (χ1v) is 6.15. The van der Waals surface area contributed by atoms with E-state index in [1.54, 1.807) is 6.07 Å². The monoisotopic (exact) mass is 251 g/mol. The minimum absolute atomic E-state index is 0.0104. The van der Waals surface area contributed by atoms with Gasteiger partial charge in [-0.05, 0) is 18.6 Å². The van der Waals surface area contributed by atoms with Gasteiger partial charge in [0.05, 0.1) is 5.69 Å². The second-order valence-electron chi connectivity index (χ2n) is 4.55. The number of amides is 1. The van der Waals surface area contributed by atoms with Gasteiger partial charge in [0.2, 0.25) is 5.91 Å². The van der Waals surface area contributed by atoms with Crippen molar-refractivity contribution < 1.29 is 9.18 Å². The van der Waals surface area contributed by atoms with Crippen LogP contribution in [0.2, 0.25) is 0 Å². The van der Waals surface area contributed by atoms with E-state index < -0.39 is 0 Å². The molecule has 18 heavy (non-hydrogen) atoms. The Balaban J connectivity index is 2.34. The van der Waals surface area contributed by atoms with E-state index >= 15 is 0 Å². The maximum atomic E-state index is 14.0. The molecule has 3 N–H and O–H groups in total. The van der Waals surface area contributed by atoms with Crippen LogP contribution < -0.4 is 16.0 Å². The maximum Gasteiger partial charge on any atom is 0.221 e. The summed E-state index contributed by atoms with van der Waals surface area (Å²) >= 11 is 0. The summed E-state index contributed by atoms with van der Waals surface area (Å²) < 4.78 is 14.0. The van der Waals surface area contributed by atoms with Gasteiger partial charge in [-0.3, -0.25) is 4.79 Å². The lowest BCUT2D eigenvalue weighted by Crippen LogP contribution is -2.30. The Kier molecular flexibility index (Phi) is 3.81. The number of carbonyl (C=O) groups excluding carboxylic acids is 1. The number of para-hydroxylation sites is 1. The molecule has 1 aliphatic heterocycles. The average molecular weight is 251 g/mol. The van der Waals surface area contributed by atoms with Crippen molar-refractivity contribution in [3.8, 4) is 0 Å². The van der Waals surface area contributed by atoms with Crippen molar-refractivity contribution in [3.05, 3.63) is 29.6 Å². The Morgan fingerprint density at radius 3 is 2.94 bits per heavy atom. The molecule has 4 nitrogen and oxygen atoms in total. The van der Waals surface area contributed by atoms with Crippen LogP contribution >= 0.6 is 0 Å². The zero-order valence-corrected chi connectivity index (χ0v) is 10.4. The molecule has 0 radical (unpaired) electrons. The molecule has 5 heteroatoms. The van der Waals surface area contributed by atoms with Gasteiger partial charge < -0.3 is 16.0 Å². The van der Waals surface area contributed by atoms with Crippen LogP contribution in [0.25, 0.3) is 0 Å². The normalized spacial score (nSPS) is 18.2. The van der Waals surface area contributed by atoms with E-state index in [1.165, 1.54) is 6.07 Å². The second kappa shape index (κ2) is 5.35. The lowest BCUT2D eigenvalue weighted by atomic mass is 10.1. The van der Waals surface area contributed by atoms with Crippen LogP contribution in [-0.2, 0) is 4.79 Å². The average Bonchev–Trinajstić information content (AvgIpc) is 2.53. The number of hydrogen-bond acceptors (Lipinski definition) is 3. The standard InChI is InChI=1S/C13H18FN3O/c1-9(15)10-3-2-4-11(14)13(10)17-7-5-12(18)16-6-8-17/h2-4,9H,5-8,15H2,1H3,(H,16,18)/t9-/m1/s1. The largest absolute Gasteiger partial charge is 0.367 e. The van der Waals surface area contributed by atoms with Crippen LogP contribution in [0, 0.1) is 5.82 Å². The molecule has 0 spiro atoms. The van der Waals surface area contributed by atoms with E-state index in [9.17, 15) is 9.18 Å². The number of halogens is 1. The van der Waals surface area contributed by atoms with Gasteiger partial charge in [0, 0.05) is 32.1 Å². The molecule has 0 aliphatic carbocycles. The van der Waals surface area contributed by atoms with Crippen molar-refractivity contribution in [1.82, 2.24) is 5.32 Å². The molecule has 0 unspecified atom stereocenters. The van der Waals surface area contributed by atoms with Crippen LogP contribution in [0.3, 0.4) is 0 Å². The molecule has 1 saturated heterocycles. The molecule has 1 fully saturated rings. The fourth-order valence-electron chi connectivity index (χ4n) is 2.22. The van der Waals surface area contributed by atoms with E-state index in [4.69, 9.17) is 5.73 Å². The first kappa shape index (κ1) is 12.8. The summed E-state index contributed by atoms with van der Waals surface area (Å²) in [6.45, 7) is 3.49. The highest BCUT2D eigenvalue weighted by Gasteiger charge is 2.20. The third-order valence-electron chi connectivity index (χ3n) is 3.14. The Hall–Kier alpha value is -1.62. The predicted octanol–water partition coefficient (Wildman–Crippen LogP) is 1.17. The molecule has 98 valence electrons. The highest BCUT2D eigenvalue weighted by atomic mass is 19.1. The molecule has 1 amide bonds. The molecular weight excluding hydrogens is 233 g/mol. The van der Waals surface area contributed by atoms with Crippen molar-refractivity contribution >= 4 is 11.6 Å². The molecule has 1 aromatic carbocycles. The van der Waals surface area contributed by atoms with Crippen LogP contribution in [0.4, 0.5) is 10.1 Å². The van der Waals surface area contributed by atoms with Gasteiger partial charge in [0.25, 0.3) is 0 Å². The number of nitrogens with one attached hydrogen (secondary N) is 1. The van der Waals surface area contributed by atoms with E-state index in [-0.39, 0.29) is 17.8 Å². The second-order valence-corrected chi connectivity index (χ2v) is 4.55. The van der Waals surface area contributed by atoms with Gasteiger partial charge in [-0.2, -0.15) is 0 Å². The van der Waals surface area contributed by atoms with Crippen LogP contribution in [-0.4, -0.2) is 25.5 Å². The fraction of sp³-hybridized carbons (Fsp3) is 0.462. The number of nitrogens with two attached hydrogens (primary N) is 1. The summed E-state index contributed by atoms with van der Waals surface area (Å²) in [6.07, 6.45) is 0.382. The van der Waals surface area contributed by atoms with Crippen LogP contribution in [0.1, 0.15) is 24.9 Å². The Morgan fingerprint density at radius 1 is 1.44 bits per heavy atom. The molecule has 1 heterocycles. The van der Waals surface area contributed by atoms with Gasteiger partial charge in [-0.25, -0.2) is 4.39 Å². The van der Waals surface area contributed by atoms with Gasteiger partial charge in [-0.15, -0.1) is 0 Å². The van der Waals surface area contributed by atoms with Crippen molar-refractivity contribution in [2.24, 2.45) is 5.73 Å². The van der Waals surface area contributed by atoms with Crippen LogP contribution in [0.5, 0.6) is 0 Å². The number of rotatable bonds is 2. The van der Waals surface area contributed by atoms with E-state index in [0.29, 0.717) is 31.7 Å². The number of carbonyl (C=O) groups is 1. The molecule has 1 aromatic rings. The minimum Gasteiger partial charge on any atom is -0.367 e. The van der Waals surface area contributed by atoms with Gasteiger partial charge in [0.1, 0.15) is 5.82 Å². The molecule has 0 aromatic heterocycles. The van der Waals surface area contributed by atoms with Crippen molar-refractivity contribution in [3.63, 3.8) is 0 Å². The molecule has 2 rings (SSSR count). The summed E-state index contributed by atoms with van der Waals surface area (Å²) in [5.74, 6) is -0.268. The van der Waals surface area contributed by atoms with Crippen molar-refractivity contribution in [2.75, 3.05) is 24.5 Å². The third-order valence-corrected chi connectivity index (χ3v) is 3.14. The smallest absolute Gasteiger partial charge is 0.221 e. The lowest BCUT2D eigenvalue weighted by molar-refractivity contribution is -0.120. The fourth-order valence-corrected chi connectivity index (χ4v) is 2.22. The first-order valence-electron chi connectivity index (χ1n) is 6.15. The predicted molar refractivity (Wildman–Crippen MR) is 68.8 cm³/mol. The van der Waals surface area contributed by atoms with E-state index in [0.717, 1.165) is 5.56 Å². The Labute approximate surface area is 106 Å². The molecule has 0 bridgehead atoms. The Bertz CT molecular complexity index is 448. The minimum atomic E-state index is -0.279. The summed E-state index contributed by atoms with van der Waals surface area (Å²) in [5.41, 5.74) is 7.19. The summed E-state index contributed by atoms with van der Waals surface area (Å²) in [5, 5.41) is 2.78. The molecule has 1 aliphatic rings. The first-order chi connectivity index (χ1) is 8.59. The summed E-state index contributed by atoms with van der Waals surface area (Å²) in [6, 6.07) is 4.70. The van der Waals surface area contributed by atoms with Gasteiger partial charge in [-0.1, -0.05) is 12.1 Å².